The molecule has 0 bridgehead atoms. The van der Waals surface area contributed by atoms with Crippen LogP contribution in [0, 0.1) is 9.39 Å². The summed E-state index contributed by atoms with van der Waals surface area (Å²) in [5.74, 6) is -0.683. The number of hydrogen-bond acceptors (Lipinski definition) is 1. The molecule has 0 heterocycles. The predicted octanol–water partition coefficient (Wildman–Crippen LogP) is 4.54. The molecule has 0 saturated carbocycles. The predicted molar refractivity (Wildman–Crippen MR) is 91.7 cm³/mol. The van der Waals surface area contributed by atoms with Crippen LogP contribution in [0.5, 0.6) is 0 Å². The van der Waals surface area contributed by atoms with E-state index < -0.39 is 5.91 Å². The van der Waals surface area contributed by atoms with Crippen LogP contribution < -0.4 is 5.73 Å². The number of halogens is 2. The molecule has 21 heavy (non-hydrogen) atoms. The van der Waals surface area contributed by atoms with Crippen LogP contribution in [0.3, 0.4) is 0 Å². The molecular weight excluding hydrogens is 380 g/mol. The highest BCUT2D eigenvalue weighted by molar-refractivity contribution is 14.1. The van der Waals surface area contributed by atoms with Crippen molar-refractivity contribution < 1.29 is 9.18 Å². The van der Waals surface area contributed by atoms with E-state index in [2.05, 4.69) is 29.5 Å². The second-order valence-electron chi connectivity index (χ2n) is 4.95. The number of benzene rings is 2. The molecule has 0 unspecified atom stereocenters. The molecule has 2 aromatic carbocycles. The molecule has 0 aliphatic rings. The lowest BCUT2D eigenvalue weighted by molar-refractivity contribution is 0.0999. The summed E-state index contributed by atoms with van der Waals surface area (Å²) in [6.45, 7) is 2.11. The smallest absolute Gasteiger partial charge is 0.249 e. The van der Waals surface area contributed by atoms with Crippen LogP contribution >= 0.6 is 22.6 Å². The summed E-state index contributed by atoms with van der Waals surface area (Å²) in [6, 6.07) is 10.2. The first-order chi connectivity index (χ1) is 10.0. The molecule has 0 aromatic heterocycles. The number of unbranched alkanes of at least 4 members (excludes halogenated alkanes) is 1. The van der Waals surface area contributed by atoms with Gasteiger partial charge in [0.2, 0.25) is 5.91 Å². The van der Waals surface area contributed by atoms with Gasteiger partial charge < -0.3 is 5.73 Å². The molecule has 0 atom stereocenters. The monoisotopic (exact) mass is 397 g/mol. The minimum Gasteiger partial charge on any atom is -0.366 e. The maximum absolute atomic E-state index is 13.1. The fraction of sp³-hybridized carbons (Fsp3) is 0.235. The lowest BCUT2D eigenvalue weighted by atomic mass is 9.92. The van der Waals surface area contributed by atoms with Gasteiger partial charge in [0, 0.05) is 9.13 Å². The number of amides is 1. The number of nitrogens with two attached hydrogens (primary N) is 1. The van der Waals surface area contributed by atoms with Crippen molar-refractivity contribution in [1.29, 1.82) is 0 Å². The largest absolute Gasteiger partial charge is 0.366 e. The van der Waals surface area contributed by atoms with E-state index in [1.165, 1.54) is 12.1 Å². The standard InChI is InChI=1S/C17H17FINO/c1-2-3-4-14-15(11-5-7-12(18)8-6-11)9-13(19)10-16(14)17(20)21/h5-10H,2-4H2,1H3,(H2,20,21). The van der Waals surface area contributed by atoms with Crippen molar-refractivity contribution in [3.05, 3.63) is 56.9 Å². The summed E-state index contributed by atoms with van der Waals surface area (Å²) < 4.78 is 14.1. The van der Waals surface area contributed by atoms with Gasteiger partial charge in [-0.25, -0.2) is 4.39 Å². The topological polar surface area (TPSA) is 43.1 Å². The van der Waals surface area contributed by atoms with Gasteiger partial charge in [-0.05, 0) is 76.4 Å². The Kier molecular flexibility index (Phi) is 5.33. The third kappa shape index (κ3) is 3.81. The lowest BCUT2D eigenvalue weighted by Crippen LogP contribution is -2.15. The fourth-order valence-electron chi connectivity index (χ4n) is 2.37. The van der Waals surface area contributed by atoms with E-state index in [0.29, 0.717) is 5.56 Å². The van der Waals surface area contributed by atoms with Crippen molar-refractivity contribution in [2.45, 2.75) is 26.2 Å². The van der Waals surface area contributed by atoms with Gasteiger partial charge in [0.05, 0.1) is 0 Å². The van der Waals surface area contributed by atoms with Crippen molar-refractivity contribution in [2.24, 2.45) is 5.73 Å². The van der Waals surface area contributed by atoms with Crippen molar-refractivity contribution in [3.8, 4) is 11.1 Å². The van der Waals surface area contributed by atoms with Gasteiger partial charge in [-0.1, -0.05) is 25.5 Å². The zero-order valence-corrected chi connectivity index (χ0v) is 14.0. The van der Waals surface area contributed by atoms with Crippen LogP contribution in [0.4, 0.5) is 4.39 Å². The number of hydrogen-bond donors (Lipinski definition) is 1. The Morgan fingerprint density at radius 3 is 2.48 bits per heavy atom. The SMILES string of the molecule is CCCCc1c(C(N)=O)cc(I)cc1-c1ccc(F)cc1. The zero-order chi connectivity index (χ0) is 15.4. The van der Waals surface area contributed by atoms with Gasteiger partial charge in [0.15, 0.2) is 0 Å². The maximum atomic E-state index is 13.1. The first-order valence-electron chi connectivity index (χ1n) is 6.91. The Balaban J connectivity index is 2.61. The van der Waals surface area contributed by atoms with E-state index in [1.54, 1.807) is 12.1 Å². The Morgan fingerprint density at radius 1 is 1.24 bits per heavy atom. The molecule has 0 aliphatic heterocycles. The molecule has 2 rings (SSSR count). The van der Waals surface area contributed by atoms with Gasteiger partial charge in [0.25, 0.3) is 0 Å². The summed E-state index contributed by atoms with van der Waals surface area (Å²) in [5.41, 5.74) is 8.91. The molecule has 0 spiro atoms. The highest BCUT2D eigenvalue weighted by atomic mass is 127. The zero-order valence-electron chi connectivity index (χ0n) is 11.8. The highest BCUT2D eigenvalue weighted by Crippen LogP contribution is 2.30. The molecule has 4 heteroatoms. The molecule has 2 aromatic rings. The normalized spacial score (nSPS) is 10.6. The summed E-state index contributed by atoms with van der Waals surface area (Å²) in [6.07, 6.45) is 2.81. The van der Waals surface area contributed by atoms with Gasteiger partial charge in [-0.3, -0.25) is 4.79 Å². The van der Waals surface area contributed by atoms with Gasteiger partial charge in [-0.15, -0.1) is 0 Å². The Labute approximate surface area is 137 Å². The fourth-order valence-corrected chi connectivity index (χ4v) is 2.99. The average Bonchev–Trinajstić information content (AvgIpc) is 2.46. The van der Waals surface area contributed by atoms with Gasteiger partial charge >= 0.3 is 0 Å². The average molecular weight is 397 g/mol. The summed E-state index contributed by atoms with van der Waals surface area (Å²) in [7, 11) is 0. The second kappa shape index (κ2) is 7.02. The summed E-state index contributed by atoms with van der Waals surface area (Å²) in [5, 5.41) is 0. The Bertz CT molecular complexity index is 653. The Morgan fingerprint density at radius 2 is 1.90 bits per heavy atom. The molecule has 2 N–H and O–H groups in total. The van der Waals surface area contributed by atoms with Gasteiger partial charge in [0.1, 0.15) is 5.82 Å². The minimum atomic E-state index is -0.414. The van der Waals surface area contributed by atoms with Crippen LogP contribution in [0.25, 0.3) is 11.1 Å². The lowest BCUT2D eigenvalue weighted by Gasteiger charge is -2.14. The van der Waals surface area contributed by atoms with E-state index in [9.17, 15) is 9.18 Å². The minimum absolute atomic E-state index is 0.269. The summed E-state index contributed by atoms with van der Waals surface area (Å²) >= 11 is 2.17. The highest BCUT2D eigenvalue weighted by Gasteiger charge is 2.15. The number of carbonyl (C=O) groups excluding carboxylic acids is 1. The van der Waals surface area contributed by atoms with Crippen molar-refractivity contribution in [1.82, 2.24) is 0 Å². The molecule has 0 saturated heterocycles. The van der Waals surface area contributed by atoms with E-state index in [0.717, 1.165) is 39.5 Å². The van der Waals surface area contributed by atoms with Gasteiger partial charge in [-0.2, -0.15) is 0 Å². The summed E-state index contributed by atoms with van der Waals surface area (Å²) in [4.78, 5) is 11.7. The van der Waals surface area contributed by atoms with Crippen LogP contribution in [0.2, 0.25) is 0 Å². The van der Waals surface area contributed by atoms with Crippen LogP contribution in [-0.4, -0.2) is 5.91 Å². The Hall–Kier alpha value is -1.43. The van der Waals surface area contributed by atoms with E-state index in [1.807, 2.05) is 12.1 Å². The van der Waals surface area contributed by atoms with E-state index in [-0.39, 0.29) is 5.82 Å². The number of rotatable bonds is 5. The van der Waals surface area contributed by atoms with E-state index >= 15 is 0 Å². The van der Waals surface area contributed by atoms with Crippen molar-refractivity contribution in [2.75, 3.05) is 0 Å². The quantitative estimate of drug-likeness (QED) is 0.740. The van der Waals surface area contributed by atoms with Crippen LogP contribution in [0.1, 0.15) is 35.7 Å². The van der Waals surface area contributed by atoms with Crippen molar-refractivity contribution in [3.63, 3.8) is 0 Å². The third-order valence-corrected chi connectivity index (χ3v) is 4.04. The first-order valence-corrected chi connectivity index (χ1v) is 7.99. The molecule has 1 amide bonds. The maximum Gasteiger partial charge on any atom is 0.249 e. The number of primary amides is 1. The molecule has 0 radical (unpaired) electrons. The van der Waals surface area contributed by atoms with E-state index in [4.69, 9.17) is 5.73 Å². The molecular formula is C17H17FINO. The van der Waals surface area contributed by atoms with Crippen molar-refractivity contribution >= 4 is 28.5 Å². The molecule has 0 aliphatic carbocycles. The molecule has 110 valence electrons. The molecule has 2 nitrogen and oxygen atoms in total. The second-order valence-corrected chi connectivity index (χ2v) is 6.20. The molecule has 0 fully saturated rings. The van der Waals surface area contributed by atoms with Crippen LogP contribution in [0.15, 0.2) is 36.4 Å². The van der Waals surface area contributed by atoms with Crippen LogP contribution in [-0.2, 0) is 6.42 Å². The first kappa shape index (κ1) is 15.9. The third-order valence-electron chi connectivity index (χ3n) is 3.42. The number of carbonyl (C=O) groups is 1.